The van der Waals surface area contributed by atoms with Gasteiger partial charge < -0.3 is 10.8 Å². The second-order valence-electron chi connectivity index (χ2n) is 4.53. The number of aromatic carboxylic acids is 1. The van der Waals surface area contributed by atoms with Crippen LogP contribution in [0.3, 0.4) is 0 Å². The van der Waals surface area contributed by atoms with Crippen LogP contribution in [0.4, 0.5) is 0 Å². The van der Waals surface area contributed by atoms with Crippen LogP contribution >= 0.6 is 0 Å². The minimum Gasteiger partial charge on any atom is -0.478 e. The molecule has 0 aliphatic carbocycles. The first-order chi connectivity index (χ1) is 9.19. The van der Waals surface area contributed by atoms with Crippen molar-refractivity contribution in [1.29, 1.82) is 0 Å². The van der Waals surface area contributed by atoms with Crippen LogP contribution < -0.4 is 5.73 Å². The Morgan fingerprint density at radius 3 is 1.84 bits per heavy atom. The summed E-state index contributed by atoms with van der Waals surface area (Å²) in [5, 5.41) is 8.84. The van der Waals surface area contributed by atoms with E-state index in [1.54, 1.807) is 12.1 Å². The Labute approximate surface area is 112 Å². The van der Waals surface area contributed by atoms with E-state index in [2.05, 4.69) is 24.3 Å². The highest BCUT2D eigenvalue weighted by Gasteiger charge is 2.02. The zero-order chi connectivity index (χ0) is 13.7. The van der Waals surface area contributed by atoms with Crippen molar-refractivity contribution in [3.8, 4) is 0 Å². The van der Waals surface area contributed by atoms with Gasteiger partial charge in [-0.2, -0.15) is 0 Å². The van der Waals surface area contributed by atoms with Gasteiger partial charge in [0.15, 0.2) is 0 Å². The van der Waals surface area contributed by atoms with Crippen LogP contribution in [0.25, 0.3) is 0 Å². The fourth-order valence-corrected chi connectivity index (χ4v) is 1.99. The Kier molecular flexibility index (Phi) is 4.31. The van der Waals surface area contributed by atoms with E-state index >= 15 is 0 Å². The van der Waals surface area contributed by atoms with Gasteiger partial charge in [0.1, 0.15) is 0 Å². The van der Waals surface area contributed by atoms with E-state index in [4.69, 9.17) is 10.8 Å². The second kappa shape index (κ2) is 6.16. The van der Waals surface area contributed by atoms with Crippen molar-refractivity contribution in [2.75, 3.05) is 6.54 Å². The molecule has 98 valence electrons. The normalized spacial score (nSPS) is 10.4. The van der Waals surface area contributed by atoms with E-state index in [1.165, 1.54) is 11.1 Å². The first-order valence-electron chi connectivity index (χ1n) is 6.29. The summed E-state index contributed by atoms with van der Waals surface area (Å²) in [6.45, 7) is 0.663. The average Bonchev–Trinajstić information content (AvgIpc) is 2.42. The van der Waals surface area contributed by atoms with Crippen molar-refractivity contribution in [1.82, 2.24) is 0 Å². The minimum absolute atomic E-state index is 0.321. The molecule has 2 rings (SSSR count). The Morgan fingerprint density at radius 2 is 1.37 bits per heavy atom. The van der Waals surface area contributed by atoms with Gasteiger partial charge in [-0.3, -0.25) is 0 Å². The van der Waals surface area contributed by atoms with E-state index in [-0.39, 0.29) is 0 Å². The molecule has 0 spiro atoms. The first kappa shape index (κ1) is 13.3. The molecule has 0 aliphatic heterocycles. The summed E-state index contributed by atoms with van der Waals surface area (Å²) in [4.78, 5) is 10.8. The van der Waals surface area contributed by atoms with Gasteiger partial charge in [0, 0.05) is 0 Å². The number of carbonyl (C=O) groups is 1. The highest BCUT2D eigenvalue weighted by atomic mass is 16.4. The van der Waals surface area contributed by atoms with Gasteiger partial charge in [0.05, 0.1) is 5.56 Å². The maximum absolute atomic E-state index is 10.8. The lowest BCUT2D eigenvalue weighted by molar-refractivity contribution is 0.0697. The standard InChI is InChI=1S/C16H17NO2/c17-10-9-12-1-3-13(4-2-12)11-14-5-7-15(8-6-14)16(18)19/h1-8H,9-11,17H2,(H,18,19). The number of carboxylic acid groups (broad SMARTS) is 1. The molecule has 3 N–H and O–H groups in total. The summed E-state index contributed by atoms with van der Waals surface area (Å²) in [5.41, 5.74) is 9.40. The monoisotopic (exact) mass is 255 g/mol. The van der Waals surface area contributed by atoms with Crippen molar-refractivity contribution >= 4 is 5.97 Å². The largest absolute Gasteiger partial charge is 0.478 e. The lowest BCUT2D eigenvalue weighted by Crippen LogP contribution is -2.02. The maximum atomic E-state index is 10.8. The highest BCUT2D eigenvalue weighted by Crippen LogP contribution is 2.12. The van der Waals surface area contributed by atoms with Gasteiger partial charge in [0.2, 0.25) is 0 Å². The minimum atomic E-state index is -0.891. The van der Waals surface area contributed by atoms with Crippen molar-refractivity contribution < 1.29 is 9.90 Å². The van der Waals surface area contributed by atoms with Crippen LogP contribution in [0, 0.1) is 0 Å². The van der Waals surface area contributed by atoms with Crippen molar-refractivity contribution in [2.24, 2.45) is 5.73 Å². The van der Waals surface area contributed by atoms with E-state index in [0.717, 1.165) is 18.4 Å². The van der Waals surface area contributed by atoms with E-state index in [1.807, 2.05) is 12.1 Å². The van der Waals surface area contributed by atoms with Gasteiger partial charge in [-0.15, -0.1) is 0 Å². The summed E-state index contributed by atoms with van der Waals surface area (Å²) in [6, 6.07) is 15.4. The number of hydrogen-bond donors (Lipinski definition) is 2. The molecule has 0 unspecified atom stereocenters. The van der Waals surface area contributed by atoms with Crippen LogP contribution in [0.15, 0.2) is 48.5 Å². The van der Waals surface area contributed by atoms with Crippen LogP contribution in [0.2, 0.25) is 0 Å². The molecule has 0 radical (unpaired) electrons. The SMILES string of the molecule is NCCc1ccc(Cc2ccc(C(=O)O)cc2)cc1. The molecule has 0 heterocycles. The second-order valence-corrected chi connectivity index (χ2v) is 4.53. The van der Waals surface area contributed by atoms with Crippen LogP contribution in [-0.4, -0.2) is 17.6 Å². The smallest absolute Gasteiger partial charge is 0.335 e. The molecule has 0 bridgehead atoms. The third-order valence-corrected chi connectivity index (χ3v) is 3.07. The van der Waals surface area contributed by atoms with Gasteiger partial charge in [-0.1, -0.05) is 36.4 Å². The van der Waals surface area contributed by atoms with Crippen molar-refractivity contribution in [3.05, 3.63) is 70.8 Å². The zero-order valence-corrected chi connectivity index (χ0v) is 10.7. The summed E-state index contributed by atoms with van der Waals surface area (Å²) in [7, 11) is 0. The predicted molar refractivity (Wildman–Crippen MR) is 75.4 cm³/mol. The molecule has 0 aromatic heterocycles. The van der Waals surface area contributed by atoms with Gasteiger partial charge in [-0.25, -0.2) is 4.79 Å². The summed E-state index contributed by atoms with van der Waals surface area (Å²) >= 11 is 0. The van der Waals surface area contributed by atoms with Crippen LogP contribution in [0.1, 0.15) is 27.0 Å². The lowest BCUT2D eigenvalue weighted by Gasteiger charge is -2.04. The summed E-state index contributed by atoms with van der Waals surface area (Å²) in [6.07, 6.45) is 1.70. The fraction of sp³-hybridized carbons (Fsp3) is 0.188. The molecule has 0 saturated heterocycles. The molecular weight excluding hydrogens is 238 g/mol. The Bertz CT molecular complexity index is 544. The topological polar surface area (TPSA) is 63.3 Å². The van der Waals surface area contributed by atoms with Crippen LogP contribution in [0.5, 0.6) is 0 Å². The Morgan fingerprint density at radius 1 is 0.895 bits per heavy atom. The molecule has 0 saturated carbocycles. The predicted octanol–water partition coefficient (Wildman–Crippen LogP) is 2.48. The summed E-state index contributed by atoms with van der Waals surface area (Å²) in [5.74, 6) is -0.891. The molecule has 0 atom stereocenters. The van der Waals surface area contributed by atoms with Gasteiger partial charge in [0.25, 0.3) is 0 Å². The van der Waals surface area contributed by atoms with Gasteiger partial charge in [-0.05, 0) is 48.2 Å². The molecule has 3 heteroatoms. The van der Waals surface area contributed by atoms with Gasteiger partial charge >= 0.3 is 5.97 Å². The molecule has 19 heavy (non-hydrogen) atoms. The van der Waals surface area contributed by atoms with Crippen LogP contribution in [-0.2, 0) is 12.8 Å². The number of nitrogens with two attached hydrogens (primary N) is 1. The third-order valence-electron chi connectivity index (χ3n) is 3.07. The number of hydrogen-bond acceptors (Lipinski definition) is 2. The van der Waals surface area contributed by atoms with E-state index < -0.39 is 5.97 Å². The zero-order valence-electron chi connectivity index (χ0n) is 10.7. The Hall–Kier alpha value is -2.13. The quantitative estimate of drug-likeness (QED) is 0.862. The molecule has 2 aromatic rings. The molecule has 2 aromatic carbocycles. The molecule has 0 amide bonds. The average molecular weight is 255 g/mol. The summed E-state index contributed by atoms with van der Waals surface area (Å²) < 4.78 is 0. The number of benzene rings is 2. The van der Waals surface area contributed by atoms with Crippen molar-refractivity contribution in [3.63, 3.8) is 0 Å². The number of carboxylic acids is 1. The molecular formula is C16H17NO2. The third kappa shape index (κ3) is 3.66. The lowest BCUT2D eigenvalue weighted by atomic mass is 10.0. The number of rotatable bonds is 5. The first-order valence-corrected chi connectivity index (χ1v) is 6.29. The van der Waals surface area contributed by atoms with Crippen molar-refractivity contribution in [2.45, 2.75) is 12.8 Å². The Balaban J connectivity index is 2.06. The molecule has 0 aliphatic rings. The fourth-order valence-electron chi connectivity index (χ4n) is 1.99. The van der Waals surface area contributed by atoms with E-state index in [9.17, 15) is 4.79 Å². The molecule has 3 nitrogen and oxygen atoms in total. The molecule has 0 fully saturated rings. The van der Waals surface area contributed by atoms with E-state index in [0.29, 0.717) is 12.1 Å². The highest BCUT2D eigenvalue weighted by molar-refractivity contribution is 5.87. The maximum Gasteiger partial charge on any atom is 0.335 e.